The Bertz CT molecular complexity index is 963. The molecule has 0 radical (unpaired) electrons. The fourth-order valence-electron chi connectivity index (χ4n) is 2.75. The Morgan fingerprint density at radius 2 is 2.13 bits per heavy atom. The van der Waals surface area contributed by atoms with Crippen LogP contribution in [0.3, 0.4) is 0 Å². The summed E-state index contributed by atoms with van der Waals surface area (Å²) in [6, 6.07) is 2.00. The van der Waals surface area contributed by atoms with Gasteiger partial charge in [0, 0.05) is 25.5 Å². The molecule has 0 saturated carbocycles. The summed E-state index contributed by atoms with van der Waals surface area (Å²) in [6.45, 7) is 10.7. The SMILES string of the molecule is C=CC=C(C=CC(C)C)COC=[N+](C)C(=CC=NC)C(C)c1nc2cnccc2s1. The molecule has 1 atom stereocenters. The van der Waals surface area contributed by atoms with Crippen molar-refractivity contribution in [2.45, 2.75) is 26.7 Å². The molecule has 2 aromatic heterocycles. The van der Waals surface area contributed by atoms with Crippen LogP contribution in [0, 0.1) is 5.92 Å². The molecule has 0 spiro atoms. The first kappa shape index (κ1) is 23.4. The summed E-state index contributed by atoms with van der Waals surface area (Å²) in [5.74, 6) is 0.562. The molecule has 2 rings (SSSR count). The molecular formula is C24H31N4OS+. The van der Waals surface area contributed by atoms with E-state index in [-0.39, 0.29) is 5.92 Å². The molecule has 5 nitrogen and oxygen atoms in total. The first-order valence-electron chi connectivity index (χ1n) is 9.96. The zero-order chi connectivity index (χ0) is 21.9. The summed E-state index contributed by atoms with van der Waals surface area (Å²) >= 11 is 1.68. The van der Waals surface area contributed by atoms with Crippen molar-refractivity contribution in [2.24, 2.45) is 10.9 Å². The average Bonchev–Trinajstić information content (AvgIpc) is 3.16. The highest BCUT2D eigenvalue weighted by molar-refractivity contribution is 7.18. The van der Waals surface area contributed by atoms with E-state index in [0.717, 1.165) is 26.5 Å². The summed E-state index contributed by atoms with van der Waals surface area (Å²) in [5.41, 5.74) is 3.03. The van der Waals surface area contributed by atoms with Gasteiger partial charge in [0.1, 0.15) is 18.7 Å². The molecule has 0 fully saturated rings. The summed E-state index contributed by atoms with van der Waals surface area (Å²) in [6.07, 6.45) is 17.1. The predicted molar refractivity (Wildman–Crippen MR) is 129 cm³/mol. The van der Waals surface area contributed by atoms with Crippen LogP contribution in [0.2, 0.25) is 0 Å². The highest BCUT2D eigenvalue weighted by atomic mass is 32.1. The van der Waals surface area contributed by atoms with Gasteiger partial charge in [0.2, 0.25) is 0 Å². The minimum Gasteiger partial charge on any atom is -0.445 e. The van der Waals surface area contributed by atoms with E-state index in [4.69, 9.17) is 9.72 Å². The Morgan fingerprint density at radius 1 is 1.33 bits per heavy atom. The van der Waals surface area contributed by atoms with Gasteiger partial charge < -0.3 is 4.74 Å². The van der Waals surface area contributed by atoms with Crippen molar-refractivity contribution in [2.75, 3.05) is 20.7 Å². The Kier molecular flexibility index (Phi) is 9.35. The summed E-state index contributed by atoms with van der Waals surface area (Å²) in [5, 5.41) is 1.03. The smallest absolute Gasteiger partial charge is 0.329 e. The molecule has 0 aliphatic carbocycles. The highest BCUT2D eigenvalue weighted by Gasteiger charge is 2.23. The van der Waals surface area contributed by atoms with Gasteiger partial charge in [-0.15, -0.1) is 11.3 Å². The second-order valence-electron chi connectivity index (χ2n) is 7.22. The van der Waals surface area contributed by atoms with E-state index in [0.29, 0.717) is 12.5 Å². The molecule has 158 valence electrons. The second kappa shape index (κ2) is 12.0. The maximum absolute atomic E-state index is 5.87. The zero-order valence-corrected chi connectivity index (χ0v) is 19.3. The van der Waals surface area contributed by atoms with Crippen LogP contribution in [-0.4, -0.2) is 47.9 Å². The highest BCUT2D eigenvalue weighted by Crippen LogP contribution is 2.31. The number of hydrogen-bond donors (Lipinski definition) is 0. The lowest BCUT2D eigenvalue weighted by Gasteiger charge is -2.09. The number of allylic oxidation sites excluding steroid dienone is 5. The van der Waals surface area contributed by atoms with Gasteiger partial charge in [0.25, 0.3) is 0 Å². The molecule has 0 aliphatic heterocycles. The lowest BCUT2D eigenvalue weighted by molar-refractivity contribution is -0.452. The number of aliphatic imine (C=N–C) groups is 1. The van der Waals surface area contributed by atoms with Gasteiger partial charge in [-0.05, 0) is 24.5 Å². The largest absolute Gasteiger partial charge is 0.445 e. The van der Waals surface area contributed by atoms with Crippen LogP contribution in [0.4, 0.5) is 0 Å². The first-order chi connectivity index (χ1) is 14.5. The molecule has 0 bridgehead atoms. The number of rotatable bonds is 10. The second-order valence-corrected chi connectivity index (χ2v) is 8.29. The van der Waals surface area contributed by atoms with Gasteiger partial charge in [-0.3, -0.25) is 9.98 Å². The van der Waals surface area contributed by atoms with Crippen LogP contribution < -0.4 is 0 Å². The molecule has 0 N–H and O–H groups in total. The van der Waals surface area contributed by atoms with Crippen LogP contribution in [-0.2, 0) is 4.74 Å². The molecule has 0 aliphatic rings. The minimum atomic E-state index is 0.0780. The van der Waals surface area contributed by atoms with Crippen molar-refractivity contribution in [1.29, 1.82) is 0 Å². The average molecular weight is 424 g/mol. The maximum Gasteiger partial charge on any atom is 0.329 e. The Morgan fingerprint density at radius 3 is 2.80 bits per heavy atom. The lowest BCUT2D eigenvalue weighted by Crippen LogP contribution is -2.15. The Balaban J connectivity index is 2.20. The third kappa shape index (κ3) is 6.88. The van der Waals surface area contributed by atoms with Crippen LogP contribution in [0.1, 0.15) is 31.7 Å². The fraction of sp³-hybridized carbons (Fsp3) is 0.333. The van der Waals surface area contributed by atoms with Gasteiger partial charge in [-0.1, -0.05) is 44.7 Å². The maximum atomic E-state index is 5.87. The van der Waals surface area contributed by atoms with E-state index in [1.165, 1.54) is 0 Å². The number of likely N-dealkylation sites (N-methyl/N-ethyl adjacent to an activating group) is 1. The number of nitrogens with zero attached hydrogens (tertiary/aromatic N) is 4. The van der Waals surface area contributed by atoms with Crippen molar-refractivity contribution in [3.05, 3.63) is 71.7 Å². The molecule has 2 heterocycles. The molecule has 6 heteroatoms. The third-order valence-corrected chi connectivity index (χ3v) is 5.55. The topological polar surface area (TPSA) is 50.4 Å². The number of ether oxygens (including phenoxy) is 1. The van der Waals surface area contributed by atoms with Crippen LogP contribution >= 0.6 is 11.3 Å². The molecule has 0 amide bonds. The fourth-order valence-corrected chi connectivity index (χ4v) is 3.75. The minimum absolute atomic E-state index is 0.0780. The molecular weight excluding hydrogens is 392 g/mol. The van der Waals surface area contributed by atoms with E-state index in [1.807, 2.05) is 29.8 Å². The molecule has 1 unspecified atom stereocenters. The van der Waals surface area contributed by atoms with E-state index in [9.17, 15) is 0 Å². The van der Waals surface area contributed by atoms with Gasteiger partial charge in [0.05, 0.1) is 22.3 Å². The summed E-state index contributed by atoms with van der Waals surface area (Å²) in [7, 11) is 3.73. The zero-order valence-electron chi connectivity index (χ0n) is 18.4. The monoisotopic (exact) mass is 423 g/mol. The Hall–Kier alpha value is -2.86. The Labute approximate surface area is 183 Å². The van der Waals surface area contributed by atoms with Gasteiger partial charge in [0.15, 0.2) is 5.70 Å². The quantitative estimate of drug-likeness (QED) is 0.223. The molecule has 30 heavy (non-hydrogen) atoms. The first-order valence-corrected chi connectivity index (χ1v) is 10.8. The normalized spacial score (nSPS) is 14.9. The van der Waals surface area contributed by atoms with Crippen molar-refractivity contribution in [3.63, 3.8) is 0 Å². The number of aromatic nitrogens is 2. The van der Waals surface area contributed by atoms with Crippen molar-refractivity contribution >= 4 is 34.2 Å². The number of thiazole rings is 1. The van der Waals surface area contributed by atoms with Gasteiger partial charge in [-0.2, -0.15) is 4.58 Å². The molecule has 0 saturated heterocycles. The van der Waals surface area contributed by atoms with Gasteiger partial charge in [-0.25, -0.2) is 4.98 Å². The van der Waals surface area contributed by atoms with E-state index >= 15 is 0 Å². The standard InChI is InChI=1S/C24H31N4OS/c1-7-8-20(10-9-18(2)3)16-29-17-28(6)22(11-13-25-5)19(4)24-27-21-15-26-14-12-23(21)30-24/h7-15,17-19H,1,16H2,2-6H3/q+1. The van der Waals surface area contributed by atoms with Crippen LogP contribution in [0.25, 0.3) is 10.2 Å². The predicted octanol–water partition coefficient (Wildman–Crippen LogP) is 5.39. The number of hydrogen-bond acceptors (Lipinski definition) is 5. The van der Waals surface area contributed by atoms with Crippen molar-refractivity contribution < 1.29 is 9.31 Å². The molecule has 2 aromatic rings. The van der Waals surface area contributed by atoms with E-state index in [2.05, 4.69) is 49.5 Å². The van der Waals surface area contributed by atoms with E-state index < -0.39 is 0 Å². The van der Waals surface area contributed by atoms with Crippen LogP contribution in [0.15, 0.2) is 71.7 Å². The van der Waals surface area contributed by atoms with Crippen molar-refractivity contribution in [1.82, 2.24) is 9.97 Å². The number of pyridine rings is 1. The lowest BCUT2D eigenvalue weighted by atomic mass is 10.1. The third-order valence-electron chi connectivity index (χ3n) is 4.33. The van der Waals surface area contributed by atoms with Crippen LogP contribution in [0.5, 0.6) is 0 Å². The summed E-state index contributed by atoms with van der Waals surface area (Å²) < 4.78 is 8.98. The van der Waals surface area contributed by atoms with E-state index in [1.54, 1.807) is 49.5 Å². The number of fused-ring (bicyclic) bond motifs is 1. The summed E-state index contributed by atoms with van der Waals surface area (Å²) in [4.78, 5) is 13.0. The van der Waals surface area contributed by atoms with Gasteiger partial charge >= 0.3 is 6.40 Å². The molecule has 0 aromatic carbocycles. The van der Waals surface area contributed by atoms with Crippen molar-refractivity contribution in [3.8, 4) is 0 Å².